The van der Waals surface area contributed by atoms with E-state index in [2.05, 4.69) is 10.1 Å². The zero-order valence-electron chi connectivity index (χ0n) is 9.04. The molecule has 0 aromatic carbocycles. The molecule has 0 fully saturated rings. The molecule has 15 heavy (non-hydrogen) atoms. The minimum absolute atomic E-state index is 0.112. The smallest absolute Gasteiger partial charge is 0.316 e. The van der Waals surface area contributed by atoms with Crippen LogP contribution in [0, 0.1) is 5.92 Å². The summed E-state index contributed by atoms with van der Waals surface area (Å²) in [6.45, 7) is 3.81. The van der Waals surface area contributed by atoms with Crippen LogP contribution in [0.4, 0.5) is 0 Å². The molecule has 0 aliphatic rings. The number of aromatic nitrogens is 3. The predicted molar refractivity (Wildman–Crippen MR) is 58.6 cm³/mol. The van der Waals surface area contributed by atoms with Gasteiger partial charge in [-0.3, -0.25) is 9.48 Å². The van der Waals surface area contributed by atoms with Gasteiger partial charge in [-0.2, -0.15) is 5.10 Å². The van der Waals surface area contributed by atoms with Crippen molar-refractivity contribution in [2.24, 2.45) is 13.0 Å². The standard InChI is InChI=1S/C9H15N3O2S/c1-6(2)8(9(13)14)15-4-7-10-5-11-12(7)3/h5-6,8H,4H2,1-3H3,(H,13,14). The van der Waals surface area contributed by atoms with Crippen LogP contribution in [0.15, 0.2) is 6.33 Å². The van der Waals surface area contributed by atoms with Gasteiger partial charge in [0, 0.05) is 7.05 Å². The van der Waals surface area contributed by atoms with Gasteiger partial charge in [-0.1, -0.05) is 13.8 Å². The van der Waals surface area contributed by atoms with Crippen molar-refractivity contribution in [1.82, 2.24) is 14.8 Å². The fourth-order valence-electron chi connectivity index (χ4n) is 1.16. The molecular weight excluding hydrogens is 214 g/mol. The summed E-state index contributed by atoms with van der Waals surface area (Å²) in [6, 6.07) is 0. The summed E-state index contributed by atoms with van der Waals surface area (Å²) < 4.78 is 1.66. The van der Waals surface area contributed by atoms with E-state index in [4.69, 9.17) is 5.11 Å². The number of hydrogen-bond acceptors (Lipinski definition) is 4. The third-order valence-electron chi connectivity index (χ3n) is 2.05. The summed E-state index contributed by atoms with van der Waals surface area (Å²) in [5.74, 6) is 0.718. The average Bonchev–Trinajstić information content (AvgIpc) is 2.51. The Morgan fingerprint density at radius 3 is 2.73 bits per heavy atom. The van der Waals surface area contributed by atoms with Gasteiger partial charge in [-0.15, -0.1) is 11.8 Å². The van der Waals surface area contributed by atoms with Crippen molar-refractivity contribution in [1.29, 1.82) is 0 Å². The van der Waals surface area contributed by atoms with Crippen LogP contribution >= 0.6 is 11.8 Å². The van der Waals surface area contributed by atoms with Gasteiger partial charge < -0.3 is 5.11 Å². The third kappa shape index (κ3) is 3.23. The van der Waals surface area contributed by atoms with E-state index in [9.17, 15) is 4.79 Å². The Morgan fingerprint density at radius 1 is 1.67 bits per heavy atom. The predicted octanol–water partition coefficient (Wildman–Crippen LogP) is 1.16. The number of carboxylic acids is 1. The Hall–Kier alpha value is -1.04. The van der Waals surface area contributed by atoms with Crippen molar-refractivity contribution >= 4 is 17.7 Å². The Bertz CT molecular complexity index is 338. The number of thioether (sulfide) groups is 1. The fourth-order valence-corrected chi connectivity index (χ4v) is 2.28. The molecule has 0 radical (unpaired) electrons. The minimum Gasteiger partial charge on any atom is -0.480 e. The lowest BCUT2D eigenvalue weighted by atomic mass is 10.1. The number of hydrogen-bond donors (Lipinski definition) is 1. The topological polar surface area (TPSA) is 68.0 Å². The molecule has 1 N–H and O–H groups in total. The Kier molecular flexibility index (Phi) is 4.14. The quantitative estimate of drug-likeness (QED) is 0.820. The zero-order valence-corrected chi connectivity index (χ0v) is 9.86. The highest BCUT2D eigenvalue weighted by atomic mass is 32.2. The number of aryl methyl sites for hydroxylation is 1. The lowest BCUT2D eigenvalue weighted by Crippen LogP contribution is -2.22. The third-order valence-corrected chi connectivity index (χ3v) is 3.58. The Balaban J connectivity index is 2.55. The molecule has 1 rings (SSSR count). The van der Waals surface area contributed by atoms with Gasteiger partial charge in [0.05, 0.1) is 5.75 Å². The first-order chi connectivity index (χ1) is 7.02. The minimum atomic E-state index is -0.767. The molecule has 0 saturated heterocycles. The van der Waals surface area contributed by atoms with Crippen molar-refractivity contribution in [3.05, 3.63) is 12.2 Å². The van der Waals surface area contributed by atoms with Crippen LogP contribution in [0.2, 0.25) is 0 Å². The molecule has 1 aromatic heterocycles. The normalized spacial score (nSPS) is 13.1. The lowest BCUT2D eigenvalue weighted by Gasteiger charge is -2.14. The molecule has 0 spiro atoms. The highest BCUT2D eigenvalue weighted by molar-refractivity contribution is 7.99. The highest BCUT2D eigenvalue weighted by Gasteiger charge is 2.22. The first-order valence-corrected chi connectivity index (χ1v) is 5.74. The molecule has 1 atom stereocenters. The second-order valence-corrected chi connectivity index (χ2v) is 4.74. The van der Waals surface area contributed by atoms with Crippen LogP contribution in [-0.4, -0.2) is 31.1 Å². The van der Waals surface area contributed by atoms with Crippen LogP contribution in [0.1, 0.15) is 19.7 Å². The Morgan fingerprint density at radius 2 is 2.33 bits per heavy atom. The van der Waals surface area contributed by atoms with Crippen molar-refractivity contribution < 1.29 is 9.90 Å². The maximum atomic E-state index is 10.9. The van der Waals surface area contributed by atoms with Gasteiger partial charge in [0.2, 0.25) is 0 Å². The maximum Gasteiger partial charge on any atom is 0.316 e. The van der Waals surface area contributed by atoms with Gasteiger partial charge in [-0.05, 0) is 5.92 Å². The van der Waals surface area contributed by atoms with E-state index in [1.165, 1.54) is 18.1 Å². The fraction of sp³-hybridized carbons (Fsp3) is 0.667. The molecule has 0 aliphatic heterocycles. The van der Waals surface area contributed by atoms with Crippen molar-refractivity contribution in [2.75, 3.05) is 0 Å². The van der Waals surface area contributed by atoms with Gasteiger partial charge in [0.25, 0.3) is 0 Å². The summed E-state index contributed by atoms with van der Waals surface area (Å²) in [4.78, 5) is 15.0. The molecule has 0 aliphatic carbocycles. The number of carboxylic acid groups (broad SMARTS) is 1. The summed E-state index contributed by atoms with van der Waals surface area (Å²) in [7, 11) is 1.80. The summed E-state index contributed by atoms with van der Waals surface area (Å²) >= 11 is 1.39. The van der Waals surface area contributed by atoms with Gasteiger partial charge >= 0.3 is 5.97 Å². The zero-order chi connectivity index (χ0) is 11.4. The van der Waals surface area contributed by atoms with Gasteiger partial charge in [-0.25, -0.2) is 4.98 Å². The molecule has 0 amide bonds. The first-order valence-electron chi connectivity index (χ1n) is 4.69. The average molecular weight is 229 g/mol. The summed E-state index contributed by atoms with van der Waals surface area (Å²) in [6.07, 6.45) is 1.47. The molecular formula is C9H15N3O2S. The van der Waals surface area contributed by atoms with Crippen LogP contribution in [0.25, 0.3) is 0 Å². The van der Waals surface area contributed by atoms with E-state index in [-0.39, 0.29) is 11.2 Å². The molecule has 1 aromatic rings. The summed E-state index contributed by atoms with van der Waals surface area (Å²) in [5.41, 5.74) is 0. The van der Waals surface area contributed by atoms with E-state index in [1.54, 1.807) is 11.7 Å². The number of carbonyl (C=O) groups is 1. The SMILES string of the molecule is CC(C)C(SCc1ncnn1C)C(=O)O. The largest absolute Gasteiger partial charge is 0.480 e. The summed E-state index contributed by atoms with van der Waals surface area (Å²) in [5, 5.41) is 12.5. The molecule has 84 valence electrons. The molecule has 0 bridgehead atoms. The van der Waals surface area contributed by atoms with Gasteiger partial charge in [0.15, 0.2) is 0 Å². The second-order valence-electron chi connectivity index (χ2n) is 3.61. The van der Waals surface area contributed by atoms with Crippen molar-refractivity contribution in [3.63, 3.8) is 0 Å². The van der Waals surface area contributed by atoms with Crippen LogP contribution < -0.4 is 0 Å². The van der Waals surface area contributed by atoms with E-state index in [0.29, 0.717) is 5.75 Å². The van der Waals surface area contributed by atoms with Crippen LogP contribution in [0.3, 0.4) is 0 Å². The second kappa shape index (κ2) is 5.16. The molecule has 5 nitrogen and oxygen atoms in total. The first kappa shape index (κ1) is 12.0. The van der Waals surface area contributed by atoms with Gasteiger partial charge in [0.1, 0.15) is 17.4 Å². The molecule has 1 heterocycles. The van der Waals surface area contributed by atoms with E-state index in [1.807, 2.05) is 13.8 Å². The number of aliphatic carboxylic acids is 1. The monoisotopic (exact) mass is 229 g/mol. The van der Waals surface area contributed by atoms with E-state index < -0.39 is 5.97 Å². The number of nitrogens with zero attached hydrogens (tertiary/aromatic N) is 3. The number of rotatable bonds is 5. The van der Waals surface area contributed by atoms with Crippen LogP contribution in [0.5, 0.6) is 0 Å². The van der Waals surface area contributed by atoms with E-state index >= 15 is 0 Å². The molecule has 1 unspecified atom stereocenters. The van der Waals surface area contributed by atoms with Crippen molar-refractivity contribution in [3.8, 4) is 0 Å². The van der Waals surface area contributed by atoms with Crippen LogP contribution in [-0.2, 0) is 17.6 Å². The Labute approximate surface area is 92.9 Å². The lowest BCUT2D eigenvalue weighted by molar-refractivity contribution is -0.137. The molecule has 0 saturated carbocycles. The van der Waals surface area contributed by atoms with E-state index in [0.717, 1.165) is 5.82 Å². The maximum absolute atomic E-state index is 10.9. The molecule has 6 heteroatoms. The highest BCUT2D eigenvalue weighted by Crippen LogP contribution is 2.22. The van der Waals surface area contributed by atoms with Crippen molar-refractivity contribution in [2.45, 2.75) is 24.9 Å².